The molecule has 5 heteroatoms. The number of fused-ring (bicyclic) bond motifs is 1. The van der Waals surface area contributed by atoms with Crippen LogP contribution in [0.5, 0.6) is 0 Å². The Morgan fingerprint density at radius 1 is 1.08 bits per heavy atom. The number of amides is 2. The Hall–Kier alpha value is -2.92. The molecule has 0 aliphatic carbocycles. The van der Waals surface area contributed by atoms with Crippen LogP contribution in [0.4, 0.5) is 5.69 Å². The number of anilines is 1. The molecule has 0 saturated carbocycles. The number of hydrogen-bond donors (Lipinski definition) is 2. The van der Waals surface area contributed by atoms with Crippen LogP contribution in [-0.4, -0.2) is 22.8 Å². The quantitative estimate of drug-likeness (QED) is 0.727. The lowest BCUT2D eigenvalue weighted by molar-refractivity contribution is -0.121. The van der Waals surface area contributed by atoms with Crippen LogP contribution in [0.1, 0.15) is 12.0 Å². The normalized spacial score (nSPS) is 17.8. The van der Waals surface area contributed by atoms with Crippen molar-refractivity contribution in [2.45, 2.75) is 19.0 Å². The highest BCUT2D eigenvalue weighted by molar-refractivity contribution is 6.22. The Bertz CT molecular complexity index is 901. The fourth-order valence-electron chi connectivity index (χ4n) is 3.07. The lowest BCUT2D eigenvalue weighted by Gasteiger charge is -2.16. The summed E-state index contributed by atoms with van der Waals surface area (Å²) in [7, 11) is 0. The maximum absolute atomic E-state index is 12.6. The molecule has 3 aromatic rings. The van der Waals surface area contributed by atoms with Gasteiger partial charge in [0.05, 0.1) is 18.2 Å². The van der Waals surface area contributed by atoms with Gasteiger partial charge in [-0.25, -0.2) is 4.90 Å². The lowest BCUT2D eigenvalue weighted by Crippen LogP contribution is -2.38. The average Bonchev–Trinajstić information content (AvgIpc) is 3.17. The minimum Gasteiger partial charge on any atom is -0.361 e. The summed E-state index contributed by atoms with van der Waals surface area (Å²) in [5, 5.41) is 4.24. The van der Waals surface area contributed by atoms with E-state index in [1.165, 1.54) is 4.90 Å². The molecule has 4 rings (SSSR count). The van der Waals surface area contributed by atoms with E-state index in [1.54, 1.807) is 0 Å². The fraction of sp³-hybridized carbons (Fsp3) is 0.158. The molecule has 2 aromatic carbocycles. The second kappa shape index (κ2) is 5.94. The molecule has 0 radical (unpaired) electrons. The van der Waals surface area contributed by atoms with Crippen molar-refractivity contribution in [1.29, 1.82) is 0 Å². The predicted octanol–water partition coefficient (Wildman–Crippen LogP) is 2.59. The van der Waals surface area contributed by atoms with Crippen LogP contribution < -0.4 is 10.2 Å². The summed E-state index contributed by atoms with van der Waals surface area (Å²) in [6.45, 7) is 0.564. The van der Waals surface area contributed by atoms with Crippen molar-refractivity contribution in [3.63, 3.8) is 0 Å². The average molecular weight is 319 g/mol. The molecule has 5 nitrogen and oxygen atoms in total. The molecule has 1 saturated heterocycles. The van der Waals surface area contributed by atoms with Crippen LogP contribution in [-0.2, 0) is 16.1 Å². The van der Waals surface area contributed by atoms with Crippen molar-refractivity contribution in [1.82, 2.24) is 10.3 Å². The van der Waals surface area contributed by atoms with Gasteiger partial charge in [-0.1, -0.05) is 36.4 Å². The number of benzene rings is 2. The molecule has 1 atom stereocenters. The van der Waals surface area contributed by atoms with E-state index in [-0.39, 0.29) is 18.2 Å². The Morgan fingerprint density at radius 3 is 2.75 bits per heavy atom. The van der Waals surface area contributed by atoms with E-state index in [9.17, 15) is 9.59 Å². The van der Waals surface area contributed by atoms with Gasteiger partial charge in [0.2, 0.25) is 5.91 Å². The van der Waals surface area contributed by atoms with Crippen molar-refractivity contribution in [2.75, 3.05) is 4.90 Å². The summed E-state index contributed by atoms with van der Waals surface area (Å²) in [6, 6.07) is 16.9. The fourth-order valence-corrected chi connectivity index (χ4v) is 3.07. The first-order valence-electron chi connectivity index (χ1n) is 7.93. The summed E-state index contributed by atoms with van der Waals surface area (Å²) in [4.78, 5) is 29.4. The van der Waals surface area contributed by atoms with E-state index in [2.05, 4.69) is 10.3 Å². The standard InChI is InChI=1S/C19H17N3O2/c23-18-11-17(21-12-13-4-2-1-3-5-13)19(24)22(18)15-7-6-14-8-9-20-16(14)10-15/h1-10,17,20-21H,11-12H2. The summed E-state index contributed by atoms with van der Waals surface area (Å²) in [5.74, 6) is -0.363. The zero-order chi connectivity index (χ0) is 16.5. The highest BCUT2D eigenvalue weighted by atomic mass is 16.2. The molecule has 1 unspecified atom stereocenters. The molecule has 1 aromatic heterocycles. The molecule has 0 spiro atoms. The summed E-state index contributed by atoms with van der Waals surface area (Å²) in [6.07, 6.45) is 2.03. The molecule has 120 valence electrons. The van der Waals surface area contributed by atoms with Crippen LogP contribution in [0.2, 0.25) is 0 Å². The number of carbonyl (C=O) groups is 2. The van der Waals surface area contributed by atoms with Gasteiger partial charge < -0.3 is 10.3 Å². The number of aromatic nitrogens is 1. The number of aromatic amines is 1. The van der Waals surface area contributed by atoms with Gasteiger partial charge in [-0.3, -0.25) is 9.59 Å². The zero-order valence-corrected chi connectivity index (χ0v) is 13.0. The molecule has 1 aliphatic rings. The third-order valence-electron chi connectivity index (χ3n) is 4.34. The van der Waals surface area contributed by atoms with Crippen molar-refractivity contribution >= 4 is 28.4 Å². The molecule has 24 heavy (non-hydrogen) atoms. The molecule has 2 N–H and O–H groups in total. The van der Waals surface area contributed by atoms with E-state index in [4.69, 9.17) is 0 Å². The molecular formula is C19H17N3O2. The van der Waals surface area contributed by atoms with Crippen LogP contribution in [0.25, 0.3) is 10.9 Å². The van der Waals surface area contributed by atoms with E-state index in [1.807, 2.05) is 60.8 Å². The predicted molar refractivity (Wildman–Crippen MR) is 92.5 cm³/mol. The topological polar surface area (TPSA) is 65.2 Å². The lowest BCUT2D eigenvalue weighted by atomic mass is 10.2. The minimum atomic E-state index is -0.475. The second-order valence-corrected chi connectivity index (χ2v) is 5.94. The van der Waals surface area contributed by atoms with Crippen molar-refractivity contribution in [3.8, 4) is 0 Å². The number of carbonyl (C=O) groups excluding carboxylic acids is 2. The SMILES string of the molecule is O=C1CC(NCc2ccccc2)C(=O)N1c1ccc2cc[nH]c2c1. The van der Waals surface area contributed by atoms with Crippen LogP contribution >= 0.6 is 0 Å². The van der Waals surface area contributed by atoms with Gasteiger partial charge in [-0.2, -0.15) is 0 Å². The number of imide groups is 1. The van der Waals surface area contributed by atoms with Gasteiger partial charge in [-0.15, -0.1) is 0 Å². The van der Waals surface area contributed by atoms with Crippen molar-refractivity contribution in [2.24, 2.45) is 0 Å². The maximum atomic E-state index is 12.6. The molecule has 2 amide bonds. The third kappa shape index (κ3) is 2.59. The monoisotopic (exact) mass is 319 g/mol. The summed E-state index contributed by atoms with van der Waals surface area (Å²) < 4.78 is 0. The van der Waals surface area contributed by atoms with Gasteiger partial charge in [0.1, 0.15) is 0 Å². The van der Waals surface area contributed by atoms with E-state index >= 15 is 0 Å². The van der Waals surface area contributed by atoms with E-state index in [0.717, 1.165) is 16.5 Å². The minimum absolute atomic E-state index is 0.170. The number of nitrogens with one attached hydrogen (secondary N) is 2. The van der Waals surface area contributed by atoms with Gasteiger partial charge in [-0.05, 0) is 29.1 Å². The second-order valence-electron chi connectivity index (χ2n) is 5.94. The van der Waals surface area contributed by atoms with Crippen molar-refractivity contribution < 1.29 is 9.59 Å². The summed E-state index contributed by atoms with van der Waals surface area (Å²) in [5.41, 5.74) is 2.61. The first-order chi connectivity index (χ1) is 11.7. The highest BCUT2D eigenvalue weighted by Gasteiger charge is 2.39. The molecular weight excluding hydrogens is 302 g/mol. The Balaban J connectivity index is 1.52. The van der Waals surface area contributed by atoms with E-state index < -0.39 is 6.04 Å². The van der Waals surface area contributed by atoms with Gasteiger partial charge in [0.25, 0.3) is 5.91 Å². The smallest absolute Gasteiger partial charge is 0.251 e. The van der Waals surface area contributed by atoms with Gasteiger partial charge >= 0.3 is 0 Å². The molecule has 2 heterocycles. The molecule has 0 bridgehead atoms. The Labute approximate surface area is 139 Å². The van der Waals surface area contributed by atoms with Crippen molar-refractivity contribution in [3.05, 3.63) is 66.4 Å². The van der Waals surface area contributed by atoms with E-state index in [0.29, 0.717) is 12.2 Å². The molecule has 1 fully saturated rings. The third-order valence-corrected chi connectivity index (χ3v) is 4.34. The largest absolute Gasteiger partial charge is 0.361 e. The maximum Gasteiger partial charge on any atom is 0.251 e. The number of hydrogen-bond acceptors (Lipinski definition) is 3. The highest BCUT2D eigenvalue weighted by Crippen LogP contribution is 2.26. The van der Waals surface area contributed by atoms with Gasteiger partial charge in [0, 0.05) is 18.3 Å². The first kappa shape index (κ1) is 14.7. The summed E-state index contributed by atoms with van der Waals surface area (Å²) >= 11 is 0. The Morgan fingerprint density at radius 2 is 1.92 bits per heavy atom. The number of nitrogens with zero attached hydrogens (tertiary/aromatic N) is 1. The Kier molecular flexibility index (Phi) is 3.63. The first-order valence-corrected chi connectivity index (χ1v) is 7.93. The number of H-pyrrole nitrogens is 1. The van der Waals surface area contributed by atoms with Crippen LogP contribution in [0, 0.1) is 0 Å². The molecule has 1 aliphatic heterocycles. The number of rotatable bonds is 4. The van der Waals surface area contributed by atoms with Gasteiger partial charge in [0.15, 0.2) is 0 Å². The van der Waals surface area contributed by atoms with Crippen LogP contribution in [0.15, 0.2) is 60.8 Å². The zero-order valence-electron chi connectivity index (χ0n) is 13.0. The van der Waals surface area contributed by atoms with Crippen LogP contribution in [0.3, 0.4) is 0 Å².